The van der Waals surface area contributed by atoms with Crippen LogP contribution in [0.2, 0.25) is 0 Å². The molecule has 0 aliphatic rings. The van der Waals surface area contributed by atoms with Crippen molar-refractivity contribution in [1.29, 1.82) is 0 Å². The second-order valence-electron chi connectivity index (χ2n) is 4.92. The minimum absolute atomic E-state index is 0.0641. The third-order valence-electron chi connectivity index (χ3n) is 3.31. The van der Waals surface area contributed by atoms with Gasteiger partial charge in [0, 0.05) is 24.5 Å². The molecule has 1 N–H and O–H groups in total. The quantitative estimate of drug-likeness (QED) is 0.862. The van der Waals surface area contributed by atoms with Crippen LogP contribution in [-0.4, -0.2) is 24.0 Å². The second kappa shape index (κ2) is 7.36. The Morgan fingerprint density at radius 2 is 1.91 bits per heavy atom. The van der Waals surface area contributed by atoms with Gasteiger partial charge in [0.15, 0.2) is 0 Å². The molecular formula is C17H18N2O3. The van der Waals surface area contributed by atoms with Gasteiger partial charge in [-0.25, -0.2) is 4.79 Å². The predicted molar refractivity (Wildman–Crippen MR) is 83.7 cm³/mol. The van der Waals surface area contributed by atoms with E-state index >= 15 is 0 Å². The average molecular weight is 298 g/mol. The highest BCUT2D eigenvalue weighted by Gasteiger charge is 2.09. The van der Waals surface area contributed by atoms with Crippen molar-refractivity contribution in [3.8, 4) is 0 Å². The van der Waals surface area contributed by atoms with Crippen LogP contribution in [0.3, 0.4) is 0 Å². The Bertz CT molecular complexity index is 669. The highest BCUT2D eigenvalue weighted by atomic mass is 16.5. The van der Waals surface area contributed by atoms with Gasteiger partial charge in [-0.2, -0.15) is 0 Å². The Kier molecular flexibility index (Phi) is 5.25. The lowest BCUT2D eigenvalue weighted by Crippen LogP contribution is -2.13. The number of ether oxygens (including phenoxy) is 1. The van der Waals surface area contributed by atoms with Gasteiger partial charge in [-0.15, -0.1) is 0 Å². The molecule has 0 fully saturated rings. The predicted octanol–water partition coefficient (Wildman–Crippen LogP) is 2.75. The summed E-state index contributed by atoms with van der Waals surface area (Å²) in [5.41, 5.74) is 3.06. The lowest BCUT2D eigenvalue weighted by atomic mass is 10.1. The van der Waals surface area contributed by atoms with Crippen molar-refractivity contribution in [2.75, 3.05) is 12.4 Å². The summed E-state index contributed by atoms with van der Waals surface area (Å²) in [6.07, 6.45) is 4.47. The number of methoxy groups -OCH3 is 1. The highest BCUT2D eigenvalue weighted by Crippen LogP contribution is 2.17. The number of benzene rings is 1. The van der Waals surface area contributed by atoms with Crippen LogP contribution in [0.4, 0.5) is 5.69 Å². The van der Waals surface area contributed by atoms with Gasteiger partial charge in [0.1, 0.15) is 0 Å². The van der Waals surface area contributed by atoms with E-state index in [0.717, 1.165) is 11.1 Å². The number of pyridine rings is 1. The molecule has 2 rings (SSSR count). The lowest BCUT2D eigenvalue weighted by molar-refractivity contribution is -0.116. The Labute approximate surface area is 129 Å². The molecule has 5 nitrogen and oxygen atoms in total. The van der Waals surface area contributed by atoms with E-state index in [9.17, 15) is 9.59 Å². The third kappa shape index (κ3) is 4.15. The van der Waals surface area contributed by atoms with Gasteiger partial charge >= 0.3 is 5.97 Å². The van der Waals surface area contributed by atoms with Crippen LogP contribution in [0.1, 0.15) is 27.9 Å². The molecule has 5 heteroatoms. The Hall–Kier alpha value is -2.69. The first-order valence-electron chi connectivity index (χ1n) is 6.98. The van der Waals surface area contributed by atoms with E-state index in [1.165, 1.54) is 7.11 Å². The third-order valence-corrected chi connectivity index (χ3v) is 3.31. The van der Waals surface area contributed by atoms with E-state index in [1.54, 1.807) is 30.6 Å². The zero-order valence-corrected chi connectivity index (χ0v) is 12.6. The number of hydrogen-bond donors (Lipinski definition) is 1. The van der Waals surface area contributed by atoms with E-state index in [1.807, 2.05) is 19.1 Å². The summed E-state index contributed by atoms with van der Waals surface area (Å²) in [4.78, 5) is 27.4. The van der Waals surface area contributed by atoms with Crippen molar-refractivity contribution in [2.45, 2.75) is 19.8 Å². The Morgan fingerprint density at radius 3 is 2.55 bits per heavy atom. The second-order valence-corrected chi connectivity index (χ2v) is 4.92. The van der Waals surface area contributed by atoms with E-state index in [2.05, 4.69) is 15.0 Å². The van der Waals surface area contributed by atoms with Gasteiger partial charge < -0.3 is 10.1 Å². The SMILES string of the molecule is COC(=O)c1ccc(NC(=O)CCc2ccncc2)c(C)c1. The molecule has 0 radical (unpaired) electrons. The molecular weight excluding hydrogens is 280 g/mol. The van der Waals surface area contributed by atoms with Gasteiger partial charge in [0.05, 0.1) is 12.7 Å². The molecule has 0 bridgehead atoms. The lowest BCUT2D eigenvalue weighted by Gasteiger charge is -2.09. The van der Waals surface area contributed by atoms with Crippen LogP contribution in [0.25, 0.3) is 0 Å². The Balaban J connectivity index is 1.95. The zero-order valence-electron chi connectivity index (χ0n) is 12.6. The van der Waals surface area contributed by atoms with E-state index in [4.69, 9.17) is 0 Å². The monoisotopic (exact) mass is 298 g/mol. The minimum atomic E-state index is -0.390. The molecule has 1 heterocycles. The Morgan fingerprint density at radius 1 is 1.18 bits per heavy atom. The van der Waals surface area contributed by atoms with Crippen molar-refractivity contribution >= 4 is 17.6 Å². The van der Waals surface area contributed by atoms with E-state index < -0.39 is 5.97 Å². The number of carbonyl (C=O) groups excluding carboxylic acids is 2. The molecule has 0 unspecified atom stereocenters. The van der Waals surface area contributed by atoms with Crippen molar-refractivity contribution in [2.24, 2.45) is 0 Å². The summed E-state index contributed by atoms with van der Waals surface area (Å²) in [7, 11) is 1.34. The number of nitrogens with zero attached hydrogens (tertiary/aromatic N) is 1. The number of hydrogen-bond acceptors (Lipinski definition) is 4. The first-order valence-corrected chi connectivity index (χ1v) is 6.98. The molecule has 0 saturated carbocycles. The molecule has 2 aromatic rings. The maximum Gasteiger partial charge on any atom is 0.337 e. The highest BCUT2D eigenvalue weighted by molar-refractivity contribution is 5.94. The summed E-state index contributed by atoms with van der Waals surface area (Å²) in [5.74, 6) is -0.454. The number of nitrogens with one attached hydrogen (secondary N) is 1. The average Bonchev–Trinajstić information content (AvgIpc) is 2.55. The first-order chi connectivity index (χ1) is 10.6. The summed E-state index contributed by atoms with van der Waals surface area (Å²) in [5, 5.41) is 2.86. The molecule has 0 saturated heterocycles. The molecule has 0 aliphatic heterocycles. The van der Waals surface area contributed by atoms with Gasteiger partial charge in [0.25, 0.3) is 0 Å². The van der Waals surface area contributed by atoms with Crippen LogP contribution in [0.5, 0.6) is 0 Å². The molecule has 1 aromatic heterocycles. The summed E-state index contributed by atoms with van der Waals surface area (Å²) in [6, 6.07) is 8.83. The van der Waals surface area contributed by atoms with Crippen LogP contribution in [0, 0.1) is 6.92 Å². The van der Waals surface area contributed by atoms with Crippen LogP contribution < -0.4 is 5.32 Å². The number of esters is 1. The first kappa shape index (κ1) is 15.7. The molecule has 22 heavy (non-hydrogen) atoms. The largest absolute Gasteiger partial charge is 0.465 e. The summed E-state index contributed by atoms with van der Waals surface area (Å²) < 4.78 is 4.67. The topological polar surface area (TPSA) is 68.3 Å². The molecule has 114 valence electrons. The number of rotatable bonds is 5. The fourth-order valence-electron chi connectivity index (χ4n) is 2.07. The van der Waals surface area contributed by atoms with E-state index in [0.29, 0.717) is 24.1 Å². The number of amides is 1. The smallest absolute Gasteiger partial charge is 0.337 e. The number of aromatic nitrogens is 1. The fourth-order valence-corrected chi connectivity index (χ4v) is 2.07. The van der Waals surface area contributed by atoms with Crippen LogP contribution in [-0.2, 0) is 16.0 Å². The number of aryl methyl sites for hydroxylation is 2. The number of carbonyl (C=O) groups is 2. The fraction of sp³-hybridized carbons (Fsp3) is 0.235. The van der Waals surface area contributed by atoms with Crippen molar-refractivity contribution in [3.63, 3.8) is 0 Å². The van der Waals surface area contributed by atoms with Gasteiger partial charge in [-0.05, 0) is 54.8 Å². The van der Waals surface area contributed by atoms with Crippen molar-refractivity contribution in [3.05, 3.63) is 59.4 Å². The molecule has 0 spiro atoms. The summed E-state index contributed by atoms with van der Waals surface area (Å²) >= 11 is 0. The van der Waals surface area contributed by atoms with Crippen LogP contribution in [0.15, 0.2) is 42.7 Å². The standard InChI is InChI=1S/C17H18N2O3/c1-12-11-14(17(21)22-2)4-5-15(12)19-16(20)6-3-13-7-9-18-10-8-13/h4-5,7-11H,3,6H2,1-2H3,(H,19,20). The van der Waals surface area contributed by atoms with Gasteiger partial charge in [-0.3, -0.25) is 9.78 Å². The molecule has 1 amide bonds. The normalized spacial score (nSPS) is 10.1. The number of anilines is 1. The zero-order chi connectivity index (χ0) is 15.9. The van der Waals surface area contributed by atoms with Crippen LogP contribution >= 0.6 is 0 Å². The minimum Gasteiger partial charge on any atom is -0.465 e. The molecule has 1 aromatic carbocycles. The maximum atomic E-state index is 12.0. The molecule has 0 atom stereocenters. The summed E-state index contributed by atoms with van der Waals surface area (Å²) in [6.45, 7) is 1.84. The van der Waals surface area contributed by atoms with Crippen molar-refractivity contribution < 1.29 is 14.3 Å². The van der Waals surface area contributed by atoms with Crippen molar-refractivity contribution in [1.82, 2.24) is 4.98 Å². The maximum absolute atomic E-state index is 12.0. The molecule has 0 aliphatic carbocycles. The van der Waals surface area contributed by atoms with Gasteiger partial charge in [-0.1, -0.05) is 0 Å². The van der Waals surface area contributed by atoms with Gasteiger partial charge in [0.2, 0.25) is 5.91 Å². The van der Waals surface area contributed by atoms with E-state index in [-0.39, 0.29) is 5.91 Å².